The van der Waals surface area contributed by atoms with Gasteiger partial charge in [0.25, 0.3) is 0 Å². The molecule has 2 aromatic rings. The molecular formula is C18H23Cl2N3O2. The van der Waals surface area contributed by atoms with Gasteiger partial charge in [-0.2, -0.15) is 0 Å². The molecule has 5 nitrogen and oxygen atoms in total. The summed E-state index contributed by atoms with van der Waals surface area (Å²) >= 11 is 0. The summed E-state index contributed by atoms with van der Waals surface area (Å²) in [5, 5.41) is 6.14. The molecule has 1 aliphatic heterocycles. The molecule has 1 saturated heterocycles. The molecule has 3 rings (SSSR count). The second-order valence-corrected chi connectivity index (χ2v) is 5.84. The number of hydrogen-bond donors (Lipinski definition) is 2. The molecule has 25 heavy (non-hydrogen) atoms. The Balaban J connectivity index is 0.00000156. The van der Waals surface area contributed by atoms with Gasteiger partial charge in [0.05, 0.1) is 5.92 Å². The van der Waals surface area contributed by atoms with Gasteiger partial charge < -0.3 is 15.4 Å². The second-order valence-electron chi connectivity index (χ2n) is 5.84. The quantitative estimate of drug-likeness (QED) is 0.840. The van der Waals surface area contributed by atoms with Gasteiger partial charge in [-0.25, -0.2) is 4.98 Å². The van der Waals surface area contributed by atoms with Crippen LogP contribution in [0.15, 0.2) is 36.5 Å². The van der Waals surface area contributed by atoms with Gasteiger partial charge in [0.1, 0.15) is 11.4 Å². The van der Waals surface area contributed by atoms with E-state index >= 15 is 0 Å². The highest BCUT2D eigenvalue weighted by Crippen LogP contribution is 2.30. The van der Waals surface area contributed by atoms with Crippen LogP contribution in [0.25, 0.3) is 0 Å². The van der Waals surface area contributed by atoms with Crippen molar-refractivity contribution in [2.24, 2.45) is 5.92 Å². The van der Waals surface area contributed by atoms with Crippen molar-refractivity contribution >= 4 is 36.4 Å². The summed E-state index contributed by atoms with van der Waals surface area (Å²) in [5.74, 6) is 1.18. The van der Waals surface area contributed by atoms with Crippen molar-refractivity contribution < 1.29 is 9.53 Å². The molecule has 7 heteroatoms. The first kappa shape index (κ1) is 21.2. The maximum atomic E-state index is 12.3. The zero-order valence-corrected chi connectivity index (χ0v) is 15.9. The van der Waals surface area contributed by atoms with Crippen molar-refractivity contribution in [2.75, 3.05) is 18.4 Å². The first-order valence-electron chi connectivity index (χ1n) is 7.86. The summed E-state index contributed by atoms with van der Waals surface area (Å²) in [6.45, 7) is 5.66. The maximum absolute atomic E-state index is 12.3. The van der Waals surface area contributed by atoms with E-state index in [1.165, 1.54) is 0 Å². The smallest absolute Gasteiger partial charge is 0.243 e. The van der Waals surface area contributed by atoms with E-state index in [4.69, 9.17) is 4.74 Å². The summed E-state index contributed by atoms with van der Waals surface area (Å²) in [7, 11) is 0. The fourth-order valence-corrected chi connectivity index (χ4v) is 2.62. The van der Waals surface area contributed by atoms with Crippen molar-refractivity contribution in [1.29, 1.82) is 0 Å². The average Bonchev–Trinajstić information content (AvgIpc) is 3.08. The van der Waals surface area contributed by atoms with Gasteiger partial charge in [0, 0.05) is 12.7 Å². The molecule has 0 spiro atoms. The largest absolute Gasteiger partial charge is 0.437 e. The number of aromatic nitrogens is 1. The molecule has 0 bridgehead atoms. The van der Waals surface area contributed by atoms with Crippen LogP contribution < -0.4 is 15.4 Å². The molecule has 1 amide bonds. The van der Waals surface area contributed by atoms with Crippen molar-refractivity contribution in [1.82, 2.24) is 10.3 Å². The Bertz CT molecular complexity index is 719. The van der Waals surface area contributed by atoms with E-state index in [9.17, 15) is 4.79 Å². The van der Waals surface area contributed by atoms with E-state index in [-0.39, 0.29) is 36.6 Å². The van der Waals surface area contributed by atoms with Gasteiger partial charge in [0.15, 0.2) is 0 Å². The summed E-state index contributed by atoms with van der Waals surface area (Å²) in [4.78, 5) is 16.6. The lowest BCUT2D eigenvalue weighted by atomic mass is 10.1. The Morgan fingerprint density at radius 1 is 1.24 bits per heavy atom. The predicted octanol–water partition coefficient (Wildman–Crippen LogP) is 3.88. The van der Waals surface area contributed by atoms with Crippen LogP contribution in [0.3, 0.4) is 0 Å². The molecule has 0 radical (unpaired) electrons. The van der Waals surface area contributed by atoms with E-state index in [1.807, 2.05) is 38.1 Å². The first-order chi connectivity index (χ1) is 11.1. The number of benzene rings is 1. The van der Waals surface area contributed by atoms with E-state index in [1.54, 1.807) is 12.3 Å². The number of hydrogen-bond acceptors (Lipinski definition) is 4. The number of anilines is 1. The number of rotatable bonds is 4. The number of carbonyl (C=O) groups is 1. The SMILES string of the molecule is Cc1cccc(Oc2ncccc2NC(=O)C2CCNC2)c1C.Cl.Cl. The highest BCUT2D eigenvalue weighted by atomic mass is 35.5. The molecule has 2 heterocycles. The third kappa shape index (κ3) is 5.08. The fraction of sp³-hybridized carbons (Fsp3) is 0.333. The lowest BCUT2D eigenvalue weighted by Gasteiger charge is -2.15. The number of pyridine rings is 1. The van der Waals surface area contributed by atoms with E-state index < -0.39 is 0 Å². The van der Waals surface area contributed by atoms with Gasteiger partial charge in [-0.05, 0) is 56.1 Å². The monoisotopic (exact) mass is 383 g/mol. The molecule has 136 valence electrons. The average molecular weight is 384 g/mol. The van der Waals surface area contributed by atoms with Crippen molar-refractivity contribution in [2.45, 2.75) is 20.3 Å². The van der Waals surface area contributed by atoms with Gasteiger partial charge in [-0.3, -0.25) is 4.79 Å². The normalized spacial score (nSPS) is 15.7. The Morgan fingerprint density at radius 3 is 2.76 bits per heavy atom. The molecule has 0 aliphatic carbocycles. The molecular weight excluding hydrogens is 361 g/mol. The summed E-state index contributed by atoms with van der Waals surface area (Å²) in [6, 6.07) is 9.50. The highest BCUT2D eigenvalue weighted by molar-refractivity contribution is 5.94. The van der Waals surface area contributed by atoms with Crippen LogP contribution in [0.4, 0.5) is 5.69 Å². The molecule has 1 aliphatic rings. The minimum absolute atomic E-state index is 0. The summed E-state index contributed by atoms with van der Waals surface area (Å²) in [5.41, 5.74) is 2.82. The molecule has 1 fully saturated rings. The maximum Gasteiger partial charge on any atom is 0.243 e. The Hall–Kier alpha value is -1.82. The van der Waals surface area contributed by atoms with E-state index in [0.717, 1.165) is 36.4 Å². The standard InChI is InChI=1S/C18H21N3O2.2ClH/c1-12-5-3-7-16(13(12)2)23-18-15(6-4-9-20-18)21-17(22)14-8-10-19-11-14;;/h3-7,9,14,19H,8,10-11H2,1-2H3,(H,21,22);2*1H. The molecule has 0 saturated carbocycles. The lowest BCUT2D eigenvalue weighted by molar-refractivity contribution is -0.119. The number of ether oxygens (including phenoxy) is 1. The van der Waals surface area contributed by atoms with Crippen LogP contribution in [0.5, 0.6) is 11.6 Å². The van der Waals surface area contributed by atoms with Crippen LogP contribution in [0.2, 0.25) is 0 Å². The molecule has 1 aromatic carbocycles. The zero-order chi connectivity index (χ0) is 16.2. The number of amides is 1. The minimum Gasteiger partial charge on any atom is -0.437 e. The molecule has 1 unspecified atom stereocenters. The van der Waals surface area contributed by atoms with E-state index in [0.29, 0.717) is 11.6 Å². The minimum atomic E-state index is 0. The number of carbonyl (C=O) groups excluding carboxylic acids is 1. The molecule has 1 aromatic heterocycles. The van der Waals surface area contributed by atoms with Crippen molar-refractivity contribution in [3.8, 4) is 11.6 Å². The zero-order valence-electron chi connectivity index (χ0n) is 14.2. The Morgan fingerprint density at radius 2 is 2.04 bits per heavy atom. The number of halogens is 2. The summed E-state index contributed by atoms with van der Waals surface area (Å²) < 4.78 is 5.94. The van der Waals surface area contributed by atoms with E-state index in [2.05, 4.69) is 15.6 Å². The Kier molecular flexibility index (Phi) is 8.16. The number of nitrogens with one attached hydrogen (secondary N) is 2. The Labute approximate surface area is 160 Å². The lowest BCUT2D eigenvalue weighted by Crippen LogP contribution is -2.24. The van der Waals surface area contributed by atoms with Crippen molar-refractivity contribution in [3.05, 3.63) is 47.7 Å². The molecule has 2 N–H and O–H groups in total. The van der Waals surface area contributed by atoms with Crippen LogP contribution >= 0.6 is 24.8 Å². The van der Waals surface area contributed by atoms with Crippen molar-refractivity contribution in [3.63, 3.8) is 0 Å². The third-order valence-electron chi connectivity index (χ3n) is 4.22. The van der Waals surface area contributed by atoms with Crippen LogP contribution in [0, 0.1) is 19.8 Å². The van der Waals surface area contributed by atoms with Gasteiger partial charge in [-0.15, -0.1) is 24.8 Å². The number of nitrogens with zero attached hydrogens (tertiary/aromatic N) is 1. The highest BCUT2D eigenvalue weighted by Gasteiger charge is 2.23. The fourth-order valence-electron chi connectivity index (χ4n) is 2.62. The second kappa shape index (κ2) is 9.61. The van der Waals surface area contributed by atoms with Crippen LogP contribution in [-0.2, 0) is 4.79 Å². The van der Waals surface area contributed by atoms with Gasteiger partial charge >= 0.3 is 0 Å². The first-order valence-corrected chi connectivity index (χ1v) is 7.86. The third-order valence-corrected chi connectivity index (χ3v) is 4.22. The number of aryl methyl sites for hydroxylation is 1. The van der Waals surface area contributed by atoms with Gasteiger partial charge in [0.2, 0.25) is 11.8 Å². The topological polar surface area (TPSA) is 63.2 Å². The molecule has 1 atom stereocenters. The van der Waals surface area contributed by atoms with Crippen LogP contribution in [-0.4, -0.2) is 24.0 Å². The van der Waals surface area contributed by atoms with Crippen LogP contribution in [0.1, 0.15) is 17.5 Å². The summed E-state index contributed by atoms with van der Waals surface area (Å²) in [6.07, 6.45) is 2.52. The van der Waals surface area contributed by atoms with Gasteiger partial charge in [-0.1, -0.05) is 12.1 Å². The predicted molar refractivity (Wildman–Crippen MR) is 104 cm³/mol.